The molecule has 2 aromatic carbocycles. The third-order valence-corrected chi connectivity index (χ3v) is 6.12. The molecule has 2 N–H and O–H groups in total. The van der Waals surface area contributed by atoms with E-state index in [0.717, 1.165) is 15.4 Å². The number of rotatable bonds is 7. The number of carbonyl (C=O) groups is 1. The van der Waals surface area contributed by atoms with Crippen LogP contribution >= 0.6 is 0 Å². The number of imidazole rings is 1. The smallest absolute Gasteiger partial charge is 0.319 e. The van der Waals surface area contributed by atoms with Gasteiger partial charge in [-0.3, -0.25) is 0 Å². The first-order chi connectivity index (χ1) is 13.8. The highest BCUT2D eigenvalue weighted by molar-refractivity contribution is 7.89. The lowest BCUT2D eigenvalue weighted by atomic mass is 10.2. The summed E-state index contributed by atoms with van der Waals surface area (Å²) in [5.41, 5.74) is 2.58. The van der Waals surface area contributed by atoms with Crippen molar-refractivity contribution in [2.75, 3.05) is 19.4 Å². The van der Waals surface area contributed by atoms with Crippen LogP contribution in [0.15, 0.2) is 72.1 Å². The molecule has 1 heterocycles. The van der Waals surface area contributed by atoms with Crippen LogP contribution in [0.2, 0.25) is 0 Å². The van der Waals surface area contributed by atoms with Gasteiger partial charge in [0.15, 0.2) is 0 Å². The zero-order valence-electron chi connectivity index (χ0n) is 16.2. The highest BCUT2D eigenvalue weighted by atomic mass is 32.2. The molecule has 2 amide bonds. The van der Waals surface area contributed by atoms with Crippen LogP contribution in [0.1, 0.15) is 11.1 Å². The molecule has 8 nitrogen and oxygen atoms in total. The van der Waals surface area contributed by atoms with Crippen molar-refractivity contribution >= 4 is 21.7 Å². The summed E-state index contributed by atoms with van der Waals surface area (Å²) in [7, 11) is -0.486. The third kappa shape index (κ3) is 5.43. The van der Waals surface area contributed by atoms with Gasteiger partial charge in [-0.25, -0.2) is 22.5 Å². The number of hydrogen-bond acceptors (Lipinski definition) is 4. The molecule has 0 saturated carbocycles. The van der Waals surface area contributed by atoms with E-state index in [4.69, 9.17) is 0 Å². The van der Waals surface area contributed by atoms with Crippen LogP contribution in [-0.4, -0.2) is 42.4 Å². The van der Waals surface area contributed by atoms with E-state index in [-0.39, 0.29) is 17.5 Å². The molecule has 0 aliphatic rings. The normalized spacial score (nSPS) is 11.4. The summed E-state index contributed by atoms with van der Waals surface area (Å²) >= 11 is 0. The van der Waals surface area contributed by atoms with Gasteiger partial charge in [-0.1, -0.05) is 24.3 Å². The Hall–Kier alpha value is -3.17. The van der Waals surface area contributed by atoms with Crippen LogP contribution < -0.4 is 10.6 Å². The summed E-state index contributed by atoms with van der Waals surface area (Å²) in [4.78, 5) is 16.3. The van der Waals surface area contributed by atoms with Crippen LogP contribution in [-0.2, 0) is 23.1 Å². The number of benzene rings is 2. The standard InChI is InChI=1S/C20H23N5O3S/c1-24(2)29(27,28)19-9-5-16(6-10-19)13-22-20(26)23-18-7-3-17(4-8-18)14-25-12-11-21-15-25/h3-12,15H,13-14H2,1-2H3,(H2,22,23,26). The summed E-state index contributed by atoms with van der Waals surface area (Å²) in [5, 5.41) is 5.53. The minimum Gasteiger partial charge on any atom is -0.334 e. The molecule has 0 bridgehead atoms. The molecule has 1 aromatic heterocycles. The predicted molar refractivity (Wildman–Crippen MR) is 111 cm³/mol. The molecule has 0 saturated heterocycles. The molecule has 29 heavy (non-hydrogen) atoms. The van der Waals surface area contributed by atoms with Gasteiger partial charge in [0.25, 0.3) is 0 Å². The molecule has 9 heteroatoms. The molecule has 0 aliphatic carbocycles. The Kier molecular flexibility index (Phi) is 6.30. The van der Waals surface area contributed by atoms with Gasteiger partial charge >= 0.3 is 6.03 Å². The van der Waals surface area contributed by atoms with Crippen molar-refractivity contribution < 1.29 is 13.2 Å². The van der Waals surface area contributed by atoms with E-state index in [1.807, 2.05) is 35.0 Å². The Morgan fingerprint density at radius 3 is 2.28 bits per heavy atom. The molecule has 3 aromatic rings. The van der Waals surface area contributed by atoms with E-state index in [0.29, 0.717) is 12.2 Å². The van der Waals surface area contributed by atoms with Crippen molar-refractivity contribution in [1.82, 2.24) is 19.2 Å². The molecule has 3 rings (SSSR count). The van der Waals surface area contributed by atoms with Crippen molar-refractivity contribution in [3.8, 4) is 0 Å². The minimum absolute atomic E-state index is 0.214. The Morgan fingerprint density at radius 2 is 1.69 bits per heavy atom. The first-order valence-electron chi connectivity index (χ1n) is 8.95. The predicted octanol–water partition coefficient (Wildman–Crippen LogP) is 2.50. The lowest BCUT2D eigenvalue weighted by molar-refractivity contribution is 0.251. The number of urea groups is 1. The number of aromatic nitrogens is 2. The van der Waals surface area contributed by atoms with Gasteiger partial charge in [-0.15, -0.1) is 0 Å². The number of nitrogens with zero attached hydrogens (tertiary/aromatic N) is 3. The van der Waals surface area contributed by atoms with Crippen molar-refractivity contribution in [2.45, 2.75) is 18.0 Å². The second-order valence-electron chi connectivity index (χ2n) is 6.67. The molecule has 0 aliphatic heterocycles. The fourth-order valence-electron chi connectivity index (χ4n) is 2.63. The van der Waals surface area contributed by atoms with Crippen molar-refractivity contribution in [2.24, 2.45) is 0 Å². The molecule has 152 valence electrons. The Morgan fingerprint density at radius 1 is 1.03 bits per heavy atom. The summed E-state index contributed by atoms with van der Waals surface area (Å²) in [6.45, 7) is 0.999. The Balaban J connectivity index is 1.51. The van der Waals surface area contributed by atoms with Crippen LogP contribution in [0.5, 0.6) is 0 Å². The molecule has 0 unspecified atom stereocenters. The maximum absolute atomic E-state index is 12.1. The quantitative estimate of drug-likeness (QED) is 0.622. The van der Waals surface area contributed by atoms with Crippen LogP contribution in [0.25, 0.3) is 0 Å². The summed E-state index contributed by atoms with van der Waals surface area (Å²) in [6, 6.07) is 13.7. The van der Waals surface area contributed by atoms with Gasteiger partial charge in [-0.2, -0.15) is 0 Å². The van der Waals surface area contributed by atoms with Crippen LogP contribution in [0.3, 0.4) is 0 Å². The molecule has 0 radical (unpaired) electrons. The third-order valence-electron chi connectivity index (χ3n) is 4.29. The first kappa shape index (κ1) is 20.6. The number of sulfonamides is 1. The van der Waals surface area contributed by atoms with Gasteiger partial charge in [0.1, 0.15) is 0 Å². The van der Waals surface area contributed by atoms with E-state index in [2.05, 4.69) is 15.6 Å². The Bertz CT molecular complexity index is 1040. The van der Waals surface area contributed by atoms with Crippen molar-refractivity contribution in [3.05, 3.63) is 78.4 Å². The largest absolute Gasteiger partial charge is 0.334 e. The fraction of sp³-hybridized carbons (Fsp3) is 0.200. The van der Waals surface area contributed by atoms with Gasteiger partial charge in [0, 0.05) is 45.3 Å². The molecular weight excluding hydrogens is 390 g/mol. The summed E-state index contributed by atoms with van der Waals surface area (Å²) < 4.78 is 27.3. The Labute approximate surface area is 170 Å². The minimum atomic E-state index is -3.46. The van der Waals surface area contributed by atoms with Crippen molar-refractivity contribution in [3.63, 3.8) is 0 Å². The number of anilines is 1. The average Bonchev–Trinajstić information content (AvgIpc) is 3.21. The summed E-state index contributed by atoms with van der Waals surface area (Å²) in [5.74, 6) is 0. The monoisotopic (exact) mass is 413 g/mol. The average molecular weight is 414 g/mol. The molecule has 0 fully saturated rings. The van der Waals surface area contributed by atoms with Gasteiger partial charge < -0.3 is 15.2 Å². The van der Waals surface area contributed by atoms with Crippen LogP contribution in [0, 0.1) is 0 Å². The van der Waals surface area contributed by atoms with Gasteiger partial charge in [0.05, 0.1) is 11.2 Å². The second-order valence-corrected chi connectivity index (χ2v) is 8.82. The second kappa shape index (κ2) is 8.89. The van der Waals surface area contributed by atoms with E-state index < -0.39 is 10.0 Å². The van der Waals surface area contributed by atoms with Gasteiger partial charge in [0.2, 0.25) is 10.0 Å². The highest BCUT2D eigenvalue weighted by Gasteiger charge is 2.16. The number of carbonyl (C=O) groups excluding carboxylic acids is 1. The SMILES string of the molecule is CN(C)S(=O)(=O)c1ccc(CNC(=O)Nc2ccc(Cn3ccnc3)cc2)cc1. The maximum Gasteiger partial charge on any atom is 0.319 e. The van der Waals surface area contributed by atoms with E-state index in [9.17, 15) is 13.2 Å². The lowest BCUT2D eigenvalue weighted by Crippen LogP contribution is -2.28. The zero-order chi connectivity index (χ0) is 20.9. The topological polar surface area (TPSA) is 96.3 Å². The highest BCUT2D eigenvalue weighted by Crippen LogP contribution is 2.14. The lowest BCUT2D eigenvalue weighted by Gasteiger charge is -2.12. The fourth-order valence-corrected chi connectivity index (χ4v) is 3.53. The molecule has 0 atom stereocenters. The first-order valence-corrected chi connectivity index (χ1v) is 10.4. The summed E-state index contributed by atoms with van der Waals surface area (Å²) in [6.07, 6.45) is 5.37. The maximum atomic E-state index is 12.1. The number of nitrogens with one attached hydrogen (secondary N) is 2. The number of hydrogen-bond donors (Lipinski definition) is 2. The molecular formula is C20H23N5O3S. The number of amides is 2. The van der Waals surface area contributed by atoms with Crippen molar-refractivity contribution in [1.29, 1.82) is 0 Å². The van der Waals surface area contributed by atoms with E-state index >= 15 is 0 Å². The molecule has 0 spiro atoms. The van der Waals surface area contributed by atoms with Crippen LogP contribution in [0.4, 0.5) is 10.5 Å². The van der Waals surface area contributed by atoms with Gasteiger partial charge in [-0.05, 0) is 35.4 Å². The van der Waals surface area contributed by atoms with E-state index in [1.54, 1.807) is 24.7 Å². The zero-order valence-corrected chi connectivity index (χ0v) is 17.1. The van der Waals surface area contributed by atoms with E-state index in [1.165, 1.54) is 26.2 Å².